The van der Waals surface area contributed by atoms with Crippen LogP contribution in [0.1, 0.15) is 50.0 Å². The Morgan fingerprint density at radius 2 is 1.52 bits per heavy atom. The second kappa shape index (κ2) is 7.02. The summed E-state index contributed by atoms with van der Waals surface area (Å²) in [4.78, 5) is 23.0. The third-order valence-corrected chi connectivity index (χ3v) is 5.16. The Morgan fingerprint density at radius 1 is 0.913 bits per heavy atom. The lowest BCUT2D eigenvalue weighted by molar-refractivity contribution is -0.142. The van der Waals surface area contributed by atoms with Crippen LogP contribution in [0.15, 0.2) is 30.3 Å². The molecule has 0 spiro atoms. The highest BCUT2D eigenvalue weighted by molar-refractivity contribution is 5.75. The van der Waals surface area contributed by atoms with Crippen LogP contribution in [0.4, 0.5) is 4.79 Å². The molecule has 1 aromatic rings. The molecular weight excluding hydrogens is 292 g/mol. The van der Waals surface area contributed by atoms with Gasteiger partial charge < -0.3 is 15.7 Å². The molecule has 0 heterocycles. The van der Waals surface area contributed by atoms with E-state index in [2.05, 4.69) is 34.9 Å². The third kappa shape index (κ3) is 4.03. The maximum atomic E-state index is 12.0. The number of carboxylic acids is 1. The van der Waals surface area contributed by atoms with Gasteiger partial charge in [0, 0.05) is 12.1 Å². The monoisotopic (exact) mass is 316 g/mol. The van der Waals surface area contributed by atoms with E-state index in [1.807, 2.05) is 6.07 Å². The van der Waals surface area contributed by atoms with Crippen LogP contribution in [0, 0.1) is 5.92 Å². The first-order valence-corrected chi connectivity index (χ1v) is 8.46. The Morgan fingerprint density at radius 3 is 2.13 bits per heavy atom. The van der Waals surface area contributed by atoms with Gasteiger partial charge in [-0.1, -0.05) is 30.3 Å². The number of carbonyl (C=O) groups is 2. The zero-order chi connectivity index (χ0) is 16.2. The quantitative estimate of drug-likeness (QED) is 0.799. The molecule has 0 saturated heterocycles. The first kappa shape index (κ1) is 15.8. The zero-order valence-electron chi connectivity index (χ0n) is 13.2. The fourth-order valence-corrected chi connectivity index (χ4v) is 3.63. The SMILES string of the molecule is O=C(NC1CCC(C(=O)O)CC1)NC1CC(c2ccccc2)C1. The molecule has 0 aromatic heterocycles. The van der Waals surface area contributed by atoms with E-state index in [-0.39, 0.29) is 24.0 Å². The molecule has 3 N–H and O–H groups in total. The number of amides is 2. The van der Waals surface area contributed by atoms with Crippen molar-refractivity contribution in [3.63, 3.8) is 0 Å². The molecule has 2 amide bonds. The minimum absolute atomic E-state index is 0.107. The van der Waals surface area contributed by atoms with Gasteiger partial charge in [0.05, 0.1) is 5.92 Å². The molecule has 2 aliphatic carbocycles. The Hall–Kier alpha value is -2.04. The summed E-state index contributed by atoms with van der Waals surface area (Å²) in [6.45, 7) is 0. The van der Waals surface area contributed by atoms with Crippen LogP contribution in [0.3, 0.4) is 0 Å². The summed E-state index contributed by atoms with van der Waals surface area (Å²) in [6.07, 6.45) is 4.79. The molecule has 2 aliphatic rings. The van der Waals surface area contributed by atoms with Crippen molar-refractivity contribution in [3.8, 4) is 0 Å². The number of hydrogen-bond donors (Lipinski definition) is 3. The number of benzene rings is 1. The van der Waals surface area contributed by atoms with E-state index >= 15 is 0 Å². The number of aliphatic carboxylic acids is 1. The van der Waals surface area contributed by atoms with E-state index in [0.717, 1.165) is 25.7 Å². The van der Waals surface area contributed by atoms with E-state index in [9.17, 15) is 9.59 Å². The first-order valence-electron chi connectivity index (χ1n) is 8.46. The highest BCUT2D eigenvalue weighted by Gasteiger charge is 2.32. The summed E-state index contributed by atoms with van der Waals surface area (Å²) in [5.41, 5.74) is 1.35. The largest absolute Gasteiger partial charge is 0.481 e. The van der Waals surface area contributed by atoms with Gasteiger partial charge in [0.25, 0.3) is 0 Å². The van der Waals surface area contributed by atoms with Crippen LogP contribution in [-0.4, -0.2) is 29.2 Å². The fraction of sp³-hybridized carbons (Fsp3) is 0.556. The van der Waals surface area contributed by atoms with Crippen molar-refractivity contribution in [1.29, 1.82) is 0 Å². The second-order valence-corrected chi connectivity index (χ2v) is 6.78. The number of carboxylic acid groups (broad SMARTS) is 1. The van der Waals surface area contributed by atoms with Crippen LogP contribution in [0.25, 0.3) is 0 Å². The summed E-state index contributed by atoms with van der Waals surface area (Å²) in [5.74, 6) is -0.406. The lowest BCUT2D eigenvalue weighted by Gasteiger charge is -2.37. The highest BCUT2D eigenvalue weighted by atomic mass is 16.4. The average Bonchev–Trinajstić information content (AvgIpc) is 2.52. The molecule has 0 unspecified atom stereocenters. The molecule has 23 heavy (non-hydrogen) atoms. The summed E-state index contributed by atoms with van der Waals surface area (Å²) < 4.78 is 0. The highest BCUT2D eigenvalue weighted by Crippen LogP contribution is 2.36. The van der Waals surface area contributed by atoms with Gasteiger partial charge in [-0.15, -0.1) is 0 Å². The van der Waals surface area contributed by atoms with E-state index in [0.29, 0.717) is 18.8 Å². The van der Waals surface area contributed by atoms with Crippen molar-refractivity contribution in [1.82, 2.24) is 10.6 Å². The number of urea groups is 1. The van der Waals surface area contributed by atoms with E-state index in [4.69, 9.17) is 5.11 Å². The molecular formula is C18H24N2O3. The zero-order valence-corrected chi connectivity index (χ0v) is 13.2. The third-order valence-electron chi connectivity index (χ3n) is 5.16. The predicted molar refractivity (Wildman–Crippen MR) is 87.3 cm³/mol. The van der Waals surface area contributed by atoms with Crippen LogP contribution in [-0.2, 0) is 4.79 Å². The van der Waals surface area contributed by atoms with Crippen molar-refractivity contribution in [3.05, 3.63) is 35.9 Å². The molecule has 0 radical (unpaired) electrons. The molecule has 0 aliphatic heterocycles. The summed E-state index contributed by atoms with van der Waals surface area (Å²) in [5, 5.41) is 15.0. The van der Waals surface area contributed by atoms with Gasteiger partial charge >= 0.3 is 12.0 Å². The molecule has 3 rings (SSSR count). The van der Waals surface area contributed by atoms with Gasteiger partial charge in [-0.3, -0.25) is 4.79 Å². The van der Waals surface area contributed by atoms with Gasteiger partial charge in [-0.25, -0.2) is 4.79 Å². The van der Waals surface area contributed by atoms with Crippen molar-refractivity contribution < 1.29 is 14.7 Å². The van der Waals surface area contributed by atoms with Crippen molar-refractivity contribution in [2.45, 2.75) is 56.5 Å². The van der Waals surface area contributed by atoms with Crippen LogP contribution in [0.2, 0.25) is 0 Å². The average molecular weight is 316 g/mol. The molecule has 5 nitrogen and oxygen atoms in total. The molecule has 124 valence electrons. The standard InChI is InChI=1S/C18H24N2O3/c21-17(22)13-6-8-15(9-7-13)19-18(23)20-16-10-14(11-16)12-4-2-1-3-5-12/h1-5,13-16H,6-11H2,(H,21,22)(H2,19,20,23). The number of rotatable bonds is 4. The molecule has 1 aromatic carbocycles. The maximum Gasteiger partial charge on any atom is 0.315 e. The lowest BCUT2D eigenvalue weighted by Crippen LogP contribution is -2.50. The summed E-state index contributed by atoms with van der Waals surface area (Å²) in [6, 6.07) is 10.6. The van der Waals surface area contributed by atoms with Crippen molar-refractivity contribution >= 4 is 12.0 Å². The predicted octanol–water partition coefficient (Wildman–Crippen LogP) is 2.88. The minimum atomic E-state index is -0.714. The topological polar surface area (TPSA) is 78.4 Å². The molecule has 5 heteroatoms. The van der Waals surface area contributed by atoms with Gasteiger partial charge in [-0.2, -0.15) is 0 Å². The number of nitrogens with one attached hydrogen (secondary N) is 2. The summed E-state index contributed by atoms with van der Waals surface area (Å²) in [7, 11) is 0. The maximum absolute atomic E-state index is 12.0. The van der Waals surface area contributed by atoms with Crippen molar-refractivity contribution in [2.24, 2.45) is 5.92 Å². The van der Waals surface area contributed by atoms with Crippen LogP contribution < -0.4 is 10.6 Å². The Labute approximate surface area is 136 Å². The first-order chi connectivity index (χ1) is 11.1. The molecule has 0 bridgehead atoms. The van der Waals surface area contributed by atoms with E-state index in [1.54, 1.807) is 0 Å². The normalized spacial score (nSPS) is 30.1. The number of carbonyl (C=O) groups excluding carboxylic acids is 1. The lowest BCUT2D eigenvalue weighted by atomic mass is 9.76. The van der Waals surface area contributed by atoms with E-state index in [1.165, 1.54) is 5.56 Å². The molecule has 2 fully saturated rings. The Balaban J connectivity index is 1.36. The van der Waals surface area contributed by atoms with E-state index < -0.39 is 5.97 Å². The van der Waals surface area contributed by atoms with Crippen molar-refractivity contribution in [2.75, 3.05) is 0 Å². The van der Waals surface area contributed by atoms with Gasteiger partial charge in [-0.05, 0) is 50.0 Å². The Kier molecular flexibility index (Phi) is 4.84. The molecule has 0 atom stereocenters. The molecule has 2 saturated carbocycles. The second-order valence-electron chi connectivity index (χ2n) is 6.78. The summed E-state index contributed by atoms with van der Waals surface area (Å²) >= 11 is 0. The Bertz CT molecular complexity index is 547. The number of hydrogen-bond acceptors (Lipinski definition) is 2. The van der Waals surface area contributed by atoms with Gasteiger partial charge in [0.2, 0.25) is 0 Å². The van der Waals surface area contributed by atoms with Gasteiger partial charge in [0.15, 0.2) is 0 Å². The fourth-order valence-electron chi connectivity index (χ4n) is 3.63. The van der Waals surface area contributed by atoms with Crippen LogP contribution >= 0.6 is 0 Å². The minimum Gasteiger partial charge on any atom is -0.481 e. The smallest absolute Gasteiger partial charge is 0.315 e. The van der Waals surface area contributed by atoms with Gasteiger partial charge in [0.1, 0.15) is 0 Å². The van der Waals surface area contributed by atoms with Crippen LogP contribution in [0.5, 0.6) is 0 Å².